The molecule has 0 aliphatic heterocycles. The lowest BCUT2D eigenvalue weighted by Gasteiger charge is -2.19. The summed E-state index contributed by atoms with van der Waals surface area (Å²) in [6.45, 7) is 1.74. The van der Waals surface area contributed by atoms with Crippen LogP contribution in [-0.2, 0) is 24.0 Å². The number of hydrogen-bond acceptors (Lipinski definition) is 6. The van der Waals surface area contributed by atoms with Gasteiger partial charge >= 0.3 is 24.1 Å². The number of amides is 2. The number of rotatable bonds is 11. The van der Waals surface area contributed by atoms with E-state index in [1.165, 1.54) is 6.08 Å². The molecule has 1 aromatic rings. The van der Waals surface area contributed by atoms with E-state index in [-0.39, 0.29) is 12.4 Å². The molecule has 0 bridgehead atoms. The van der Waals surface area contributed by atoms with E-state index in [1.807, 2.05) is 0 Å². The summed E-state index contributed by atoms with van der Waals surface area (Å²) in [5.74, 6) is -7.15. The summed E-state index contributed by atoms with van der Waals surface area (Å²) < 4.78 is 31.7. The summed E-state index contributed by atoms with van der Waals surface area (Å²) in [6, 6.07) is 3.98. The van der Waals surface area contributed by atoms with Crippen molar-refractivity contribution in [2.45, 2.75) is 44.4 Å². The zero-order valence-corrected chi connectivity index (χ0v) is 19.3. The van der Waals surface area contributed by atoms with Gasteiger partial charge in [0.05, 0.1) is 6.42 Å². The molecule has 16 heteroatoms. The van der Waals surface area contributed by atoms with Crippen LogP contribution in [0.1, 0.15) is 31.7 Å². The van der Waals surface area contributed by atoms with Crippen molar-refractivity contribution in [2.24, 2.45) is 5.73 Å². The Balaban J connectivity index is 0.00000161. The molecule has 1 rings (SSSR count). The fraction of sp³-hybridized carbons (Fsp3) is 0.333. The molecular weight excluding hydrogens is 507 g/mol. The van der Waals surface area contributed by atoms with Crippen LogP contribution in [0.3, 0.4) is 0 Å². The third-order valence-electron chi connectivity index (χ3n) is 4.06. The summed E-state index contributed by atoms with van der Waals surface area (Å²) in [5, 5.41) is 39.5. The Morgan fingerprint density at radius 3 is 1.97 bits per heavy atom. The van der Waals surface area contributed by atoms with Crippen molar-refractivity contribution in [1.29, 1.82) is 5.41 Å². The smallest absolute Gasteiger partial charge is 0.481 e. The highest BCUT2D eigenvalue weighted by Crippen LogP contribution is 2.13. The lowest BCUT2D eigenvalue weighted by Crippen LogP contribution is -2.52. The average molecular weight is 533 g/mol. The minimum Gasteiger partial charge on any atom is -0.481 e. The number of guanidine groups is 1. The van der Waals surface area contributed by atoms with Crippen molar-refractivity contribution in [1.82, 2.24) is 10.6 Å². The van der Waals surface area contributed by atoms with Gasteiger partial charge in [0.15, 0.2) is 5.96 Å². The molecule has 1 aromatic carbocycles. The fourth-order valence-corrected chi connectivity index (χ4v) is 2.43. The molecule has 13 nitrogen and oxygen atoms in total. The van der Waals surface area contributed by atoms with Gasteiger partial charge in [0, 0.05) is 11.8 Å². The van der Waals surface area contributed by atoms with Gasteiger partial charge in [0.2, 0.25) is 11.8 Å². The standard InChI is InChI=1S/C19H25N5O6.C2HF3O2/c1-2-3-13(18(29)30)24-17(28)14(10-16(26)27)23-15(25)9-6-11-4-7-12(8-5-11)22-19(20)21;3-2(4,5)1(6)7/h4-9,13-14H,2-3,10H2,1H3,(H,23,25)(H,24,28)(H,26,27)(H,29,30)(H4,20,21,22);(H,6,7)/t13-,14-;/m0./s1. The molecule has 0 saturated carbocycles. The van der Waals surface area contributed by atoms with Gasteiger partial charge in [-0.25, -0.2) is 9.59 Å². The molecule has 9 N–H and O–H groups in total. The quantitative estimate of drug-likeness (QED) is 0.114. The number of alkyl halides is 3. The molecule has 204 valence electrons. The topological polar surface area (TPSA) is 232 Å². The minimum absolute atomic E-state index is 0.170. The Morgan fingerprint density at radius 1 is 1.03 bits per heavy atom. The number of halogens is 3. The fourth-order valence-electron chi connectivity index (χ4n) is 2.43. The second kappa shape index (κ2) is 15.4. The van der Waals surface area contributed by atoms with Crippen molar-refractivity contribution in [2.75, 3.05) is 5.32 Å². The monoisotopic (exact) mass is 533 g/mol. The van der Waals surface area contributed by atoms with Crippen LogP contribution in [0.15, 0.2) is 30.3 Å². The van der Waals surface area contributed by atoms with Crippen molar-refractivity contribution in [3.05, 3.63) is 35.9 Å². The summed E-state index contributed by atoms with van der Waals surface area (Å²) in [5.41, 5.74) is 6.45. The number of nitrogens with one attached hydrogen (secondary N) is 4. The molecule has 0 aliphatic carbocycles. The second-order valence-corrected chi connectivity index (χ2v) is 7.14. The van der Waals surface area contributed by atoms with Crippen LogP contribution in [-0.4, -0.2) is 69.3 Å². The number of carboxylic acids is 3. The number of aliphatic carboxylic acids is 3. The second-order valence-electron chi connectivity index (χ2n) is 7.14. The van der Waals surface area contributed by atoms with Crippen molar-refractivity contribution < 1.29 is 52.5 Å². The molecule has 0 radical (unpaired) electrons. The first-order valence-corrected chi connectivity index (χ1v) is 10.3. The van der Waals surface area contributed by atoms with E-state index in [2.05, 4.69) is 16.0 Å². The van der Waals surface area contributed by atoms with E-state index in [4.69, 9.17) is 31.3 Å². The van der Waals surface area contributed by atoms with Crippen LogP contribution in [0.25, 0.3) is 6.08 Å². The number of anilines is 1. The molecule has 0 aromatic heterocycles. The Bertz CT molecular complexity index is 1010. The first kappa shape index (κ1) is 32.4. The Kier molecular flexibility index (Phi) is 13.5. The number of hydrogen-bond donors (Lipinski definition) is 8. The van der Waals surface area contributed by atoms with Crippen molar-refractivity contribution >= 4 is 47.4 Å². The molecule has 0 heterocycles. The average Bonchev–Trinajstić information content (AvgIpc) is 2.76. The maximum absolute atomic E-state index is 12.3. The third-order valence-corrected chi connectivity index (χ3v) is 4.06. The van der Waals surface area contributed by atoms with Crippen LogP contribution in [0, 0.1) is 5.41 Å². The van der Waals surface area contributed by atoms with Gasteiger partial charge in [0.1, 0.15) is 12.1 Å². The maximum Gasteiger partial charge on any atom is 0.490 e. The lowest BCUT2D eigenvalue weighted by atomic mass is 10.1. The first-order valence-electron chi connectivity index (χ1n) is 10.3. The molecule has 2 amide bonds. The van der Waals surface area contributed by atoms with E-state index in [0.29, 0.717) is 17.7 Å². The van der Waals surface area contributed by atoms with Gasteiger partial charge in [-0.15, -0.1) is 0 Å². The van der Waals surface area contributed by atoms with Crippen LogP contribution >= 0.6 is 0 Å². The van der Waals surface area contributed by atoms with E-state index < -0.39 is 54.4 Å². The summed E-state index contributed by atoms with van der Waals surface area (Å²) in [6.07, 6.45) is -2.55. The van der Waals surface area contributed by atoms with Crippen molar-refractivity contribution in [3.8, 4) is 0 Å². The van der Waals surface area contributed by atoms with Crippen LogP contribution in [0.2, 0.25) is 0 Å². The molecule has 37 heavy (non-hydrogen) atoms. The van der Waals surface area contributed by atoms with Crippen LogP contribution in [0.5, 0.6) is 0 Å². The van der Waals surface area contributed by atoms with E-state index in [9.17, 15) is 32.3 Å². The van der Waals surface area contributed by atoms with Gasteiger partial charge < -0.3 is 37.0 Å². The van der Waals surface area contributed by atoms with E-state index in [0.717, 1.165) is 6.08 Å². The number of benzene rings is 1. The summed E-state index contributed by atoms with van der Waals surface area (Å²) in [4.78, 5) is 55.5. The minimum atomic E-state index is -5.08. The predicted octanol–water partition coefficient (Wildman–Crippen LogP) is 0.967. The Labute approximate surface area is 208 Å². The van der Waals surface area contributed by atoms with Crippen LogP contribution < -0.4 is 21.7 Å². The molecule has 0 fully saturated rings. The maximum atomic E-state index is 12.3. The molecule has 0 spiro atoms. The Hall–Kier alpha value is -4.63. The number of nitrogens with two attached hydrogens (primary N) is 1. The molecule has 0 saturated heterocycles. The number of carbonyl (C=O) groups is 5. The van der Waals surface area contributed by atoms with Gasteiger partial charge in [-0.3, -0.25) is 19.8 Å². The highest BCUT2D eigenvalue weighted by molar-refractivity contribution is 5.97. The van der Waals surface area contributed by atoms with Gasteiger partial charge in [-0.2, -0.15) is 13.2 Å². The summed E-state index contributed by atoms with van der Waals surface area (Å²) >= 11 is 0. The summed E-state index contributed by atoms with van der Waals surface area (Å²) in [7, 11) is 0. The number of carboxylic acid groups (broad SMARTS) is 3. The SMILES string of the molecule is CCC[C@H](NC(=O)[C@H](CC(=O)O)NC(=O)C=Cc1ccc(NC(=N)N)cc1)C(=O)O.O=C(O)C(F)(F)F. The van der Waals surface area contributed by atoms with E-state index in [1.54, 1.807) is 31.2 Å². The molecule has 2 atom stereocenters. The first-order chi connectivity index (χ1) is 17.1. The van der Waals surface area contributed by atoms with Gasteiger partial charge in [-0.05, 0) is 30.2 Å². The predicted molar refractivity (Wildman–Crippen MR) is 123 cm³/mol. The zero-order chi connectivity index (χ0) is 28.8. The van der Waals surface area contributed by atoms with Gasteiger partial charge in [0.25, 0.3) is 0 Å². The zero-order valence-electron chi connectivity index (χ0n) is 19.3. The third kappa shape index (κ3) is 14.4. The Morgan fingerprint density at radius 2 is 1.57 bits per heavy atom. The molecule has 0 unspecified atom stereocenters. The highest BCUT2D eigenvalue weighted by atomic mass is 19.4. The van der Waals surface area contributed by atoms with E-state index >= 15 is 0 Å². The lowest BCUT2D eigenvalue weighted by molar-refractivity contribution is -0.192. The largest absolute Gasteiger partial charge is 0.490 e. The highest BCUT2D eigenvalue weighted by Gasteiger charge is 2.38. The van der Waals surface area contributed by atoms with Crippen molar-refractivity contribution in [3.63, 3.8) is 0 Å². The molecule has 0 aliphatic rings. The normalized spacial score (nSPS) is 12.3. The molecular formula is C21H26F3N5O8. The van der Waals surface area contributed by atoms with Crippen LogP contribution in [0.4, 0.5) is 18.9 Å². The number of carbonyl (C=O) groups excluding carboxylic acids is 2. The van der Waals surface area contributed by atoms with Gasteiger partial charge in [-0.1, -0.05) is 25.5 Å².